The van der Waals surface area contributed by atoms with Crippen molar-refractivity contribution in [2.24, 2.45) is 0 Å². The fourth-order valence-electron chi connectivity index (χ4n) is 1.54. The van der Waals surface area contributed by atoms with Crippen molar-refractivity contribution in [2.75, 3.05) is 5.73 Å². The van der Waals surface area contributed by atoms with Crippen LogP contribution >= 0.6 is 0 Å². The van der Waals surface area contributed by atoms with E-state index in [0.29, 0.717) is 12.4 Å². The highest BCUT2D eigenvalue weighted by molar-refractivity contribution is 5.81. The van der Waals surface area contributed by atoms with E-state index in [2.05, 4.69) is 15.9 Å². The quantitative estimate of drug-likeness (QED) is 0.746. The Bertz CT molecular complexity index is 526. The summed E-state index contributed by atoms with van der Waals surface area (Å²) in [5.74, 6) is 2.91. The van der Waals surface area contributed by atoms with Gasteiger partial charge in [-0.15, -0.1) is 12.3 Å². The van der Waals surface area contributed by atoms with Gasteiger partial charge < -0.3 is 5.73 Å². The number of aryl methyl sites for hydroxylation is 1. The van der Waals surface area contributed by atoms with Crippen LogP contribution in [0, 0.1) is 12.3 Å². The molecule has 15 heavy (non-hydrogen) atoms. The molecule has 0 amide bonds. The number of anilines is 1. The number of nitrogens with two attached hydrogens (primary N) is 1. The predicted octanol–water partition coefficient (Wildman–Crippen LogP) is 1.78. The van der Waals surface area contributed by atoms with E-state index in [9.17, 15) is 0 Å². The lowest BCUT2D eigenvalue weighted by molar-refractivity contribution is 0.971. The summed E-state index contributed by atoms with van der Waals surface area (Å²) in [7, 11) is 0. The van der Waals surface area contributed by atoms with Crippen LogP contribution in [0.4, 0.5) is 5.95 Å². The number of hydrogen-bond acceptors (Lipinski definition) is 3. The number of hydrogen-bond donors (Lipinski definition) is 1. The summed E-state index contributed by atoms with van der Waals surface area (Å²) >= 11 is 0. The molecule has 0 spiro atoms. The smallest absolute Gasteiger partial charge is 0.220 e. The number of nitrogens with zero attached hydrogens (tertiary/aromatic N) is 2. The van der Waals surface area contributed by atoms with Gasteiger partial charge >= 0.3 is 0 Å². The minimum atomic E-state index is 0.306. The molecular formula is C12H11N3. The van der Waals surface area contributed by atoms with Gasteiger partial charge in [0.25, 0.3) is 0 Å². The molecule has 2 aromatic rings. The number of aromatic nitrogens is 2. The van der Waals surface area contributed by atoms with E-state index >= 15 is 0 Å². The third kappa shape index (κ3) is 1.89. The lowest BCUT2D eigenvalue weighted by Gasteiger charge is -2.04. The maximum atomic E-state index is 5.62. The van der Waals surface area contributed by atoms with E-state index in [1.165, 1.54) is 0 Å². The van der Waals surface area contributed by atoms with E-state index in [1.54, 1.807) is 0 Å². The van der Waals surface area contributed by atoms with E-state index in [4.69, 9.17) is 12.2 Å². The van der Waals surface area contributed by atoms with Crippen molar-refractivity contribution in [3.05, 3.63) is 30.0 Å². The second kappa shape index (κ2) is 3.97. The average molecular weight is 197 g/mol. The molecule has 0 aliphatic heterocycles. The molecule has 0 aliphatic carbocycles. The number of rotatable bonds is 2. The fourth-order valence-corrected chi connectivity index (χ4v) is 1.54. The summed E-state index contributed by atoms with van der Waals surface area (Å²) in [6, 6.07) is 7.80. The van der Waals surface area contributed by atoms with Crippen molar-refractivity contribution in [3.8, 4) is 12.3 Å². The third-order valence-electron chi connectivity index (χ3n) is 2.21. The maximum Gasteiger partial charge on any atom is 0.220 e. The largest absolute Gasteiger partial charge is 0.368 e. The van der Waals surface area contributed by atoms with Gasteiger partial charge in [0, 0.05) is 18.2 Å². The average Bonchev–Trinajstić information content (AvgIpc) is 2.25. The van der Waals surface area contributed by atoms with E-state index in [-0.39, 0.29) is 0 Å². The van der Waals surface area contributed by atoms with Gasteiger partial charge in [-0.05, 0) is 6.07 Å². The van der Waals surface area contributed by atoms with E-state index in [1.807, 2.05) is 24.3 Å². The molecule has 1 aromatic carbocycles. The molecule has 0 aliphatic rings. The molecule has 3 heteroatoms. The van der Waals surface area contributed by atoms with Gasteiger partial charge in [0.1, 0.15) is 0 Å². The predicted molar refractivity (Wildman–Crippen MR) is 61.1 cm³/mol. The van der Waals surface area contributed by atoms with Crippen LogP contribution in [-0.4, -0.2) is 9.97 Å². The molecule has 0 unspecified atom stereocenters. The number of terminal acetylenes is 1. The van der Waals surface area contributed by atoms with Gasteiger partial charge in [-0.2, -0.15) is 0 Å². The van der Waals surface area contributed by atoms with Crippen LogP contribution in [0.2, 0.25) is 0 Å². The van der Waals surface area contributed by atoms with Crippen molar-refractivity contribution in [1.29, 1.82) is 0 Å². The first-order valence-corrected chi connectivity index (χ1v) is 4.76. The van der Waals surface area contributed by atoms with Gasteiger partial charge in [0.15, 0.2) is 0 Å². The number of para-hydroxylation sites is 1. The molecule has 0 atom stereocenters. The zero-order chi connectivity index (χ0) is 10.7. The van der Waals surface area contributed by atoms with Crippen LogP contribution < -0.4 is 5.73 Å². The van der Waals surface area contributed by atoms with Crippen molar-refractivity contribution >= 4 is 16.9 Å². The second-order valence-corrected chi connectivity index (χ2v) is 3.25. The monoisotopic (exact) mass is 197 g/mol. The molecule has 3 nitrogen and oxygen atoms in total. The van der Waals surface area contributed by atoms with Crippen molar-refractivity contribution in [3.63, 3.8) is 0 Å². The normalized spacial score (nSPS) is 10.1. The zero-order valence-electron chi connectivity index (χ0n) is 8.27. The van der Waals surface area contributed by atoms with Gasteiger partial charge in [0.05, 0.1) is 11.2 Å². The highest BCUT2D eigenvalue weighted by atomic mass is 15.0. The molecule has 0 bridgehead atoms. The molecule has 1 aromatic heterocycles. The third-order valence-corrected chi connectivity index (χ3v) is 2.21. The first-order chi connectivity index (χ1) is 7.31. The molecule has 1 heterocycles. The Morgan fingerprint density at radius 2 is 2.07 bits per heavy atom. The summed E-state index contributed by atoms with van der Waals surface area (Å²) in [5, 5.41) is 1.03. The molecule has 74 valence electrons. The Morgan fingerprint density at radius 3 is 2.87 bits per heavy atom. The lowest BCUT2D eigenvalue weighted by atomic mass is 10.1. The fraction of sp³-hybridized carbons (Fsp3) is 0.167. The van der Waals surface area contributed by atoms with Crippen molar-refractivity contribution in [2.45, 2.75) is 12.8 Å². The maximum absolute atomic E-state index is 5.62. The number of fused-ring (bicyclic) bond motifs is 1. The van der Waals surface area contributed by atoms with Crippen LogP contribution in [0.15, 0.2) is 24.3 Å². The van der Waals surface area contributed by atoms with Crippen molar-refractivity contribution < 1.29 is 0 Å². The molecule has 2 N–H and O–H groups in total. The van der Waals surface area contributed by atoms with E-state index in [0.717, 1.165) is 23.0 Å². The van der Waals surface area contributed by atoms with Gasteiger partial charge in [-0.25, -0.2) is 9.97 Å². The Kier molecular flexibility index (Phi) is 2.51. The Labute approximate surface area is 88.4 Å². The first-order valence-electron chi connectivity index (χ1n) is 4.76. The molecule has 2 rings (SSSR count). The summed E-state index contributed by atoms with van der Waals surface area (Å²) in [6.07, 6.45) is 6.64. The summed E-state index contributed by atoms with van der Waals surface area (Å²) in [6.45, 7) is 0. The number of nitrogen functional groups attached to an aromatic ring is 1. The highest BCUT2D eigenvalue weighted by Gasteiger charge is 2.04. The lowest BCUT2D eigenvalue weighted by Crippen LogP contribution is -2.00. The molecule has 0 fully saturated rings. The highest BCUT2D eigenvalue weighted by Crippen LogP contribution is 2.17. The topological polar surface area (TPSA) is 51.8 Å². The van der Waals surface area contributed by atoms with Gasteiger partial charge in [0.2, 0.25) is 5.95 Å². The Balaban J connectivity index is 2.56. The summed E-state index contributed by atoms with van der Waals surface area (Å²) in [5.41, 5.74) is 7.42. The van der Waals surface area contributed by atoms with Crippen LogP contribution in [0.1, 0.15) is 12.1 Å². The van der Waals surface area contributed by atoms with Crippen LogP contribution in [-0.2, 0) is 6.42 Å². The molecule has 0 saturated carbocycles. The second-order valence-electron chi connectivity index (χ2n) is 3.25. The SMILES string of the molecule is C#CCCc1nc(N)nc2ccccc12. The minimum Gasteiger partial charge on any atom is -0.368 e. The van der Waals surface area contributed by atoms with Gasteiger partial charge in [-0.1, -0.05) is 18.2 Å². The molecule has 0 radical (unpaired) electrons. The molecular weight excluding hydrogens is 186 g/mol. The summed E-state index contributed by atoms with van der Waals surface area (Å²) < 4.78 is 0. The zero-order valence-corrected chi connectivity index (χ0v) is 8.27. The summed E-state index contributed by atoms with van der Waals surface area (Å²) in [4.78, 5) is 8.37. The Hall–Kier alpha value is -2.08. The van der Waals surface area contributed by atoms with E-state index < -0.39 is 0 Å². The standard InChI is InChI=1S/C12H11N3/c1-2-3-7-10-9-6-4-5-8-11(9)15-12(13)14-10/h1,4-6,8H,3,7H2,(H2,13,14,15). The first kappa shape index (κ1) is 9.47. The van der Waals surface area contributed by atoms with Crippen LogP contribution in [0.25, 0.3) is 10.9 Å². The number of benzene rings is 1. The van der Waals surface area contributed by atoms with Gasteiger partial charge in [-0.3, -0.25) is 0 Å². The Morgan fingerprint density at radius 1 is 1.27 bits per heavy atom. The van der Waals surface area contributed by atoms with Crippen molar-refractivity contribution in [1.82, 2.24) is 9.97 Å². The minimum absolute atomic E-state index is 0.306. The van der Waals surface area contributed by atoms with Crippen LogP contribution in [0.5, 0.6) is 0 Å². The van der Waals surface area contributed by atoms with Crippen LogP contribution in [0.3, 0.4) is 0 Å². The molecule has 0 saturated heterocycles.